The lowest BCUT2D eigenvalue weighted by Gasteiger charge is -2.58. The number of hydrogen-bond donors (Lipinski definition) is 0. The average Bonchev–Trinajstić information content (AvgIpc) is 3.40. The summed E-state index contributed by atoms with van der Waals surface area (Å²) in [5, 5.41) is 0. The Morgan fingerprint density at radius 1 is 1.12 bits per heavy atom. The van der Waals surface area contributed by atoms with Crippen LogP contribution in [0.5, 0.6) is 0 Å². The predicted octanol–water partition coefficient (Wildman–Crippen LogP) is 5.99. The average molecular weight is 463 g/mol. The molecule has 4 aliphatic carbocycles. The molecule has 7 atom stereocenters. The summed E-state index contributed by atoms with van der Waals surface area (Å²) in [5.41, 5.74) is 2.34. The largest absolute Gasteiger partial charge is 0.457 e. The zero-order chi connectivity index (χ0) is 23.7. The maximum Gasteiger partial charge on any atom is 0.358 e. The molecular weight excluding hydrogens is 424 g/mol. The van der Waals surface area contributed by atoms with Crippen molar-refractivity contribution >= 4 is 17.8 Å². The molecule has 1 aromatic rings. The molecular formula is C29H38N2O3. The van der Waals surface area contributed by atoms with E-state index in [1.165, 1.54) is 24.8 Å². The molecule has 3 saturated carbocycles. The highest BCUT2D eigenvalue weighted by Crippen LogP contribution is 2.66. The van der Waals surface area contributed by atoms with Crippen LogP contribution in [0.1, 0.15) is 94.9 Å². The Morgan fingerprint density at radius 3 is 2.76 bits per heavy atom. The molecule has 182 valence electrons. The van der Waals surface area contributed by atoms with Crippen LogP contribution in [0.4, 0.5) is 0 Å². The lowest BCUT2D eigenvalue weighted by Crippen LogP contribution is -2.51. The molecule has 0 unspecified atom stereocenters. The number of nitrogens with zero attached hydrogens (tertiary/aromatic N) is 2. The Morgan fingerprint density at radius 2 is 1.97 bits per heavy atom. The summed E-state index contributed by atoms with van der Waals surface area (Å²) in [6.07, 6.45) is 18.0. The van der Waals surface area contributed by atoms with Gasteiger partial charge in [-0.25, -0.2) is 9.78 Å². The number of imidazole rings is 1. The number of aromatic nitrogens is 2. The van der Waals surface area contributed by atoms with Crippen molar-refractivity contribution in [1.29, 1.82) is 0 Å². The molecule has 0 amide bonds. The van der Waals surface area contributed by atoms with Crippen LogP contribution in [0.2, 0.25) is 0 Å². The quantitative estimate of drug-likeness (QED) is 0.409. The highest BCUT2D eigenvalue weighted by atomic mass is 16.5. The molecule has 2 heterocycles. The minimum Gasteiger partial charge on any atom is -0.457 e. The van der Waals surface area contributed by atoms with Gasteiger partial charge in [0.25, 0.3) is 0 Å². The number of rotatable bonds is 3. The minimum atomic E-state index is -0.284. The lowest BCUT2D eigenvalue weighted by atomic mass is 9.47. The summed E-state index contributed by atoms with van der Waals surface area (Å²) in [6.45, 7) is 7.57. The van der Waals surface area contributed by atoms with Crippen LogP contribution in [0.3, 0.4) is 0 Å². The van der Waals surface area contributed by atoms with Gasteiger partial charge in [0.15, 0.2) is 5.69 Å². The van der Waals surface area contributed by atoms with Gasteiger partial charge >= 0.3 is 5.97 Å². The van der Waals surface area contributed by atoms with E-state index in [0.717, 1.165) is 50.9 Å². The summed E-state index contributed by atoms with van der Waals surface area (Å²) in [7, 11) is 0. The summed E-state index contributed by atoms with van der Waals surface area (Å²) in [4.78, 5) is 29.7. The second-order valence-electron chi connectivity index (χ2n) is 12.2. The smallest absolute Gasteiger partial charge is 0.358 e. The molecule has 6 rings (SSSR count). The third kappa shape index (κ3) is 3.29. The van der Waals surface area contributed by atoms with Gasteiger partial charge in [0.05, 0.1) is 0 Å². The SMILES string of the molecule is CC(=O)[C@H]1CC[C@H]2[C@@H]3CC=C4C[C@@H](OC(=O)c5cn6c(n5)C=CCC6)CC[C@]4(C)[C@H]3CC[C@]12C. The van der Waals surface area contributed by atoms with E-state index in [-0.39, 0.29) is 28.8 Å². The molecule has 0 saturated heterocycles. The number of hydrogen-bond acceptors (Lipinski definition) is 4. The van der Waals surface area contributed by atoms with Crippen LogP contribution >= 0.6 is 0 Å². The van der Waals surface area contributed by atoms with Crippen LogP contribution < -0.4 is 0 Å². The first-order valence-corrected chi connectivity index (χ1v) is 13.4. The highest BCUT2D eigenvalue weighted by Gasteiger charge is 2.59. The normalized spacial score (nSPS) is 40.4. The Bertz CT molecular complexity index is 1080. The number of aryl methyl sites for hydroxylation is 1. The fourth-order valence-corrected chi connectivity index (χ4v) is 8.85. The van der Waals surface area contributed by atoms with Crippen molar-refractivity contribution in [3.05, 3.63) is 35.4 Å². The van der Waals surface area contributed by atoms with Crippen molar-refractivity contribution in [2.75, 3.05) is 0 Å². The first kappa shape index (κ1) is 22.3. The van der Waals surface area contributed by atoms with Gasteiger partial charge in [-0.1, -0.05) is 31.6 Å². The van der Waals surface area contributed by atoms with Crippen LogP contribution in [0, 0.1) is 34.5 Å². The second-order valence-corrected chi connectivity index (χ2v) is 12.2. The molecule has 5 heteroatoms. The first-order valence-electron chi connectivity index (χ1n) is 13.4. The van der Waals surface area contributed by atoms with Crippen molar-refractivity contribution in [2.45, 2.75) is 91.2 Å². The van der Waals surface area contributed by atoms with Crippen molar-refractivity contribution < 1.29 is 14.3 Å². The van der Waals surface area contributed by atoms with Gasteiger partial charge in [0.2, 0.25) is 0 Å². The standard InChI is InChI=1S/C29H38N2O3/c1-18(32)22-9-10-23-21-8-7-19-16-20(11-13-28(19,2)24(21)12-14-29(22,23)3)34-27(33)25-17-31-15-5-4-6-26(31)30-25/h4,6-7,17,20-24H,5,8-16H2,1-3H3/t20-,21-,22+,23-,24-,28-,29+/m0/s1. The Labute approximate surface area is 203 Å². The lowest BCUT2D eigenvalue weighted by molar-refractivity contribution is -0.127. The van der Waals surface area contributed by atoms with Crippen molar-refractivity contribution in [2.24, 2.45) is 34.5 Å². The third-order valence-electron chi connectivity index (χ3n) is 10.6. The summed E-state index contributed by atoms with van der Waals surface area (Å²) >= 11 is 0. The van der Waals surface area contributed by atoms with E-state index in [2.05, 4.69) is 31.0 Å². The monoisotopic (exact) mass is 462 g/mol. The second kappa shape index (κ2) is 7.93. The van der Waals surface area contributed by atoms with E-state index >= 15 is 0 Å². The van der Waals surface area contributed by atoms with Crippen LogP contribution in [0.15, 0.2) is 23.9 Å². The zero-order valence-electron chi connectivity index (χ0n) is 20.9. The molecule has 0 radical (unpaired) electrons. The van der Waals surface area contributed by atoms with Crippen LogP contribution in [-0.4, -0.2) is 27.4 Å². The fourth-order valence-electron chi connectivity index (χ4n) is 8.85. The van der Waals surface area contributed by atoms with Crippen LogP contribution in [0.25, 0.3) is 6.08 Å². The number of Topliss-reactive ketones (excluding diaryl/α,β-unsaturated/α-hetero) is 1. The Kier molecular flexibility index (Phi) is 5.20. The van der Waals surface area contributed by atoms with E-state index < -0.39 is 0 Å². The van der Waals surface area contributed by atoms with Gasteiger partial charge in [0, 0.05) is 25.1 Å². The summed E-state index contributed by atoms with van der Waals surface area (Å²) < 4.78 is 8.03. The third-order valence-corrected chi connectivity index (χ3v) is 10.6. The molecule has 34 heavy (non-hydrogen) atoms. The number of fused-ring (bicyclic) bond motifs is 6. The van der Waals surface area contributed by atoms with E-state index in [4.69, 9.17) is 4.74 Å². The number of ether oxygens (including phenoxy) is 1. The van der Waals surface area contributed by atoms with Crippen LogP contribution in [-0.2, 0) is 16.1 Å². The molecule has 0 N–H and O–H groups in total. The van der Waals surface area contributed by atoms with Gasteiger partial charge in [0.1, 0.15) is 17.7 Å². The molecule has 1 aliphatic heterocycles. The van der Waals surface area contributed by atoms with Gasteiger partial charge in [-0.2, -0.15) is 0 Å². The van der Waals surface area contributed by atoms with Gasteiger partial charge in [-0.15, -0.1) is 0 Å². The zero-order valence-corrected chi connectivity index (χ0v) is 20.9. The topological polar surface area (TPSA) is 61.2 Å². The number of allylic oxidation sites excluding steroid dienone is 2. The van der Waals surface area contributed by atoms with Gasteiger partial charge in [-0.3, -0.25) is 4.79 Å². The first-order chi connectivity index (χ1) is 16.3. The fraction of sp³-hybridized carbons (Fsp3) is 0.690. The highest BCUT2D eigenvalue weighted by molar-refractivity contribution is 5.87. The van der Waals surface area contributed by atoms with E-state index in [0.29, 0.717) is 29.2 Å². The molecule has 0 spiro atoms. The molecule has 1 aromatic heterocycles. The van der Waals surface area contributed by atoms with E-state index in [1.807, 2.05) is 23.8 Å². The maximum absolute atomic E-state index is 12.9. The molecule has 5 nitrogen and oxygen atoms in total. The minimum absolute atomic E-state index is 0.0555. The maximum atomic E-state index is 12.9. The van der Waals surface area contributed by atoms with Gasteiger partial charge in [-0.05, 0) is 93.0 Å². The Hall–Kier alpha value is -2.17. The van der Waals surface area contributed by atoms with Crippen molar-refractivity contribution in [3.63, 3.8) is 0 Å². The number of ketones is 1. The van der Waals surface area contributed by atoms with Crippen molar-refractivity contribution in [3.8, 4) is 0 Å². The molecule has 0 bridgehead atoms. The van der Waals surface area contributed by atoms with E-state index in [9.17, 15) is 9.59 Å². The number of carbonyl (C=O) groups is 2. The van der Waals surface area contributed by atoms with E-state index in [1.54, 1.807) is 0 Å². The predicted molar refractivity (Wildman–Crippen MR) is 131 cm³/mol. The molecule has 3 fully saturated rings. The summed E-state index contributed by atoms with van der Waals surface area (Å²) in [6, 6.07) is 0. The van der Waals surface area contributed by atoms with Gasteiger partial charge < -0.3 is 9.30 Å². The number of esters is 1. The Balaban J connectivity index is 1.17. The van der Waals surface area contributed by atoms with Crippen molar-refractivity contribution in [1.82, 2.24) is 9.55 Å². The number of carbonyl (C=O) groups excluding carboxylic acids is 2. The molecule has 5 aliphatic rings. The molecule has 0 aromatic carbocycles. The summed E-state index contributed by atoms with van der Waals surface area (Å²) in [5.74, 6) is 3.29.